The summed E-state index contributed by atoms with van der Waals surface area (Å²) in [4.78, 5) is 12.4. The summed E-state index contributed by atoms with van der Waals surface area (Å²) in [5.41, 5.74) is 3.23. The molecule has 10 nitrogen and oxygen atoms in total. The van der Waals surface area contributed by atoms with E-state index in [4.69, 9.17) is 9.47 Å². The molecule has 3 rings (SSSR count). The van der Waals surface area contributed by atoms with Crippen molar-refractivity contribution in [2.45, 2.75) is 11.8 Å². The number of aromatic hydroxyl groups is 2. The van der Waals surface area contributed by atoms with Crippen molar-refractivity contribution in [3.05, 3.63) is 71.8 Å². The van der Waals surface area contributed by atoms with E-state index in [1.54, 1.807) is 12.1 Å². The summed E-state index contributed by atoms with van der Waals surface area (Å²) in [5.74, 6) is -0.707. The zero-order valence-electron chi connectivity index (χ0n) is 18.3. The summed E-state index contributed by atoms with van der Waals surface area (Å²) in [6.45, 7) is 2.31. The summed E-state index contributed by atoms with van der Waals surface area (Å²) in [6, 6.07) is 14.5. The van der Waals surface area contributed by atoms with E-state index in [1.807, 2.05) is 6.92 Å². The molecule has 0 fully saturated rings. The van der Waals surface area contributed by atoms with E-state index < -0.39 is 27.4 Å². The normalized spacial score (nSPS) is 11.2. The number of hydrogen-bond donors (Lipinski definition) is 4. The van der Waals surface area contributed by atoms with Gasteiger partial charge in [0.2, 0.25) is 5.75 Å². The molecule has 178 valence electrons. The van der Waals surface area contributed by atoms with Gasteiger partial charge in [0, 0.05) is 16.8 Å². The molecule has 0 heterocycles. The molecule has 34 heavy (non-hydrogen) atoms. The Morgan fingerprint density at radius 3 is 2.35 bits per heavy atom. The third-order valence-corrected chi connectivity index (χ3v) is 5.92. The maximum absolute atomic E-state index is 12.6. The fourth-order valence-electron chi connectivity index (χ4n) is 2.86. The van der Waals surface area contributed by atoms with E-state index in [2.05, 4.69) is 15.2 Å². The number of nitrogens with one attached hydrogen (secondary N) is 2. The SMILES string of the molecule is CCOc1ccc(S(=O)(=O)Nc2ccc(C(=O)N/N=C/c3cc(O)c(O)c(OC)c3)cc2)cc1. The van der Waals surface area contributed by atoms with Crippen molar-refractivity contribution < 1.29 is 32.9 Å². The van der Waals surface area contributed by atoms with Crippen LogP contribution in [0.25, 0.3) is 0 Å². The molecule has 0 atom stereocenters. The topological polar surface area (TPSA) is 147 Å². The highest BCUT2D eigenvalue weighted by Crippen LogP contribution is 2.35. The molecule has 3 aromatic rings. The van der Waals surface area contributed by atoms with Crippen LogP contribution in [0.4, 0.5) is 5.69 Å². The zero-order chi connectivity index (χ0) is 24.7. The monoisotopic (exact) mass is 485 g/mol. The first kappa shape index (κ1) is 24.4. The van der Waals surface area contributed by atoms with Crippen LogP contribution >= 0.6 is 0 Å². The minimum absolute atomic E-state index is 0.0519. The number of carbonyl (C=O) groups excluding carboxylic acids is 1. The van der Waals surface area contributed by atoms with Gasteiger partial charge < -0.3 is 19.7 Å². The summed E-state index contributed by atoms with van der Waals surface area (Å²) in [5, 5.41) is 23.1. The summed E-state index contributed by atoms with van der Waals surface area (Å²) in [6.07, 6.45) is 1.26. The largest absolute Gasteiger partial charge is 0.504 e. The first-order valence-corrected chi connectivity index (χ1v) is 11.5. The molecule has 0 unspecified atom stereocenters. The minimum Gasteiger partial charge on any atom is -0.504 e. The van der Waals surface area contributed by atoms with Crippen molar-refractivity contribution in [3.63, 3.8) is 0 Å². The number of hydrogen-bond acceptors (Lipinski definition) is 8. The lowest BCUT2D eigenvalue weighted by Gasteiger charge is -2.09. The third-order valence-electron chi connectivity index (χ3n) is 4.52. The van der Waals surface area contributed by atoms with Crippen LogP contribution < -0.4 is 19.6 Å². The molecule has 0 radical (unpaired) electrons. The summed E-state index contributed by atoms with van der Waals surface area (Å²) in [7, 11) is -2.48. The van der Waals surface area contributed by atoms with E-state index in [9.17, 15) is 23.4 Å². The molecule has 3 aromatic carbocycles. The van der Waals surface area contributed by atoms with Gasteiger partial charge in [-0.3, -0.25) is 9.52 Å². The highest BCUT2D eigenvalue weighted by atomic mass is 32.2. The van der Waals surface area contributed by atoms with Crippen LogP contribution in [0.3, 0.4) is 0 Å². The van der Waals surface area contributed by atoms with Crippen LogP contribution in [0, 0.1) is 0 Å². The maximum Gasteiger partial charge on any atom is 0.271 e. The van der Waals surface area contributed by atoms with Crippen LogP contribution in [0.1, 0.15) is 22.8 Å². The average molecular weight is 486 g/mol. The van der Waals surface area contributed by atoms with Crippen molar-refractivity contribution >= 4 is 27.8 Å². The highest BCUT2D eigenvalue weighted by Gasteiger charge is 2.15. The number of rotatable bonds is 9. The number of ether oxygens (including phenoxy) is 2. The van der Waals surface area contributed by atoms with Gasteiger partial charge in [0.25, 0.3) is 15.9 Å². The van der Waals surface area contributed by atoms with Crippen molar-refractivity contribution in [2.24, 2.45) is 5.10 Å². The number of methoxy groups -OCH3 is 1. The molecule has 0 aromatic heterocycles. The Bertz CT molecular complexity index is 1290. The van der Waals surface area contributed by atoms with Gasteiger partial charge in [0.05, 0.1) is 24.8 Å². The number of amides is 1. The number of benzene rings is 3. The second-order valence-corrected chi connectivity index (χ2v) is 8.56. The van der Waals surface area contributed by atoms with Gasteiger partial charge in [-0.2, -0.15) is 5.10 Å². The number of hydrazone groups is 1. The Morgan fingerprint density at radius 1 is 1.06 bits per heavy atom. The molecule has 0 aliphatic rings. The van der Waals surface area contributed by atoms with Crippen molar-refractivity contribution in [1.82, 2.24) is 5.43 Å². The molecule has 1 amide bonds. The van der Waals surface area contributed by atoms with Gasteiger partial charge in [-0.1, -0.05) is 0 Å². The number of anilines is 1. The summed E-state index contributed by atoms with van der Waals surface area (Å²) < 4.78 is 37.8. The lowest BCUT2D eigenvalue weighted by atomic mass is 10.2. The quantitative estimate of drug-likeness (QED) is 0.207. The number of nitrogens with zero attached hydrogens (tertiary/aromatic N) is 1. The van der Waals surface area contributed by atoms with Gasteiger partial charge in [0.15, 0.2) is 11.5 Å². The molecule has 0 aliphatic heterocycles. The van der Waals surface area contributed by atoms with Gasteiger partial charge in [0.1, 0.15) is 5.75 Å². The third kappa shape index (κ3) is 5.95. The van der Waals surface area contributed by atoms with Crippen LogP contribution in [-0.4, -0.2) is 44.5 Å². The first-order valence-electron chi connectivity index (χ1n) is 10.0. The Balaban J connectivity index is 1.63. The Hall–Kier alpha value is -4.25. The lowest BCUT2D eigenvalue weighted by molar-refractivity contribution is 0.0955. The Labute approximate surface area is 196 Å². The number of carbonyl (C=O) groups is 1. The van der Waals surface area contributed by atoms with Gasteiger partial charge >= 0.3 is 0 Å². The van der Waals surface area contributed by atoms with Crippen molar-refractivity contribution in [1.29, 1.82) is 0 Å². The van der Waals surface area contributed by atoms with Gasteiger partial charge in [-0.05, 0) is 67.6 Å². The minimum atomic E-state index is -3.81. The predicted molar refractivity (Wildman–Crippen MR) is 126 cm³/mol. The smallest absolute Gasteiger partial charge is 0.271 e. The number of phenolic OH excluding ortho intramolecular Hbond substituents is 2. The van der Waals surface area contributed by atoms with E-state index >= 15 is 0 Å². The molecule has 4 N–H and O–H groups in total. The van der Waals surface area contributed by atoms with Gasteiger partial charge in [-0.15, -0.1) is 0 Å². The molecule has 11 heteroatoms. The zero-order valence-corrected chi connectivity index (χ0v) is 19.2. The molecule has 0 aliphatic carbocycles. The van der Waals surface area contributed by atoms with E-state index in [0.717, 1.165) is 0 Å². The molecule has 0 spiro atoms. The van der Waals surface area contributed by atoms with Crippen LogP contribution in [0.15, 0.2) is 70.7 Å². The fraction of sp³-hybridized carbons (Fsp3) is 0.130. The summed E-state index contributed by atoms with van der Waals surface area (Å²) >= 11 is 0. The fourth-order valence-corrected chi connectivity index (χ4v) is 3.92. The Morgan fingerprint density at radius 2 is 1.74 bits per heavy atom. The Kier molecular flexibility index (Phi) is 7.59. The van der Waals surface area contributed by atoms with Crippen LogP contribution in [0.2, 0.25) is 0 Å². The predicted octanol–water partition coefficient (Wildman–Crippen LogP) is 3.07. The molecule has 0 saturated heterocycles. The highest BCUT2D eigenvalue weighted by molar-refractivity contribution is 7.92. The number of sulfonamides is 1. The van der Waals surface area contributed by atoms with E-state index in [-0.39, 0.29) is 21.9 Å². The number of phenols is 2. The van der Waals surface area contributed by atoms with Gasteiger partial charge in [-0.25, -0.2) is 13.8 Å². The molecule has 0 saturated carbocycles. The van der Waals surface area contributed by atoms with Crippen LogP contribution in [0.5, 0.6) is 23.0 Å². The lowest BCUT2D eigenvalue weighted by Crippen LogP contribution is -2.18. The second-order valence-electron chi connectivity index (χ2n) is 6.88. The van der Waals surface area contributed by atoms with Crippen molar-refractivity contribution in [3.8, 4) is 23.0 Å². The van der Waals surface area contributed by atoms with E-state index in [1.165, 1.54) is 61.9 Å². The van der Waals surface area contributed by atoms with Crippen molar-refractivity contribution in [2.75, 3.05) is 18.4 Å². The first-order chi connectivity index (χ1) is 16.2. The van der Waals surface area contributed by atoms with E-state index in [0.29, 0.717) is 17.9 Å². The van der Waals surface area contributed by atoms with Crippen LogP contribution in [-0.2, 0) is 10.0 Å². The second kappa shape index (κ2) is 10.6. The molecule has 0 bridgehead atoms. The standard InChI is InChI=1S/C23H23N3O7S/c1-3-33-18-8-10-19(11-9-18)34(30,31)26-17-6-4-16(5-7-17)23(29)25-24-14-15-12-20(27)22(28)21(13-15)32-2/h4-14,26-28H,3H2,1-2H3,(H,25,29)/b24-14+. The molecular weight excluding hydrogens is 462 g/mol. The molecular formula is C23H23N3O7S. The average Bonchev–Trinajstić information content (AvgIpc) is 2.82. The maximum atomic E-state index is 12.6.